The van der Waals surface area contributed by atoms with E-state index in [1.807, 2.05) is 11.3 Å². The number of rotatable bonds is 8. The zero-order valence-corrected chi connectivity index (χ0v) is 11.5. The van der Waals surface area contributed by atoms with Crippen LogP contribution in [0.15, 0.2) is 12.1 Å². The van der Waals surface area contributed by atoms with E-state index in [2.05, 4.69) is 43.5 Å². The number of hydrogen-bond acceptors (Lipinski definition) is 3. The van der Waals surface area contributed by atoms with Gasteiger partial charge in [0.15, 0.2) is 0 Å². The molecule has 0 aliphatic heterocycles. The Labute approximate surface area is 103 Å². The molecule has 16 heavy (non-hydrogen) atoms. The molecule has 1 aromatic heterocycles. The Bertz CT molecular complexity index is 281. The van der Waals surface area contributed by atoms with Gasteiger partial charge in [-0.25, -0.2) is 0 Å². The molecule has 92 valence electrons. The van der Waals surface area contributed by atoms with Crippen LogP contribution in [0.5, 0.6) is 0 Å². The third-order valence-corrected chi connectivity index (χ3v) is 3.68. The van der Waals surface area contributed by atoms with Crippen molar-refractivity contribution >= 4 is 11.3 Å². The summed E-state index contributed by atoms with van der Waals surface area (Å²) in [6, 6.07) is 5.08. The summed E-state index contributed by atoms with van der Waals surface area (Å²) in [5, 5.41) is 6.90. The van der Waals surface area contributed by atoms with Crippen LogP contribution in [0, 0.1) is 0 Å². The number of aryl methyl sites for hydroxylation is 1. The van der Waals surface area contributed by atoms with E-state index < -0.39 is 0 Å². The molecule has 0 saturated heterocycles. The van der Waals surface area contributed by atoms with Gasteiger partial charge in [0.05, 0.1) is 0 Å². The van der Waals surface area contributed by atoms with Gasteiger partial charge >= 0.3 is 0 Å². The molecule has 0 aliphatic carbocycles. The summed E-state index contributed by atoms with van der Waals surface area (Å²) in [7, 11) is 0. The van der Waals surface area contributed by atoms with Crippen LogP contribution < -0.4 is 10.6 Å². The molecule has 0 spiro atoms. The Kier molecular flexibility index (Phi) is 6.69. The third-order valence-electron chi connectivity index (χ3n) is 2.45. The Hall–Kier alpha value is -0.380. The van der Waals surface area contributed by atoms with Gasteiger partial charge in [0, 0.05) is 22.3 Å². The van der Waals surface area contributed by atoms with Crippen LogP contribution in [0.3, 0.4) is 0 Å². The van der Waals surface area contributed by atoms with Crippen LogP contribution in [0.2, 0.25) is 0 Å². The van der Waals surface area contributed by atoms with E-state index in [1.165, 1.54) is 16.2 Å². The van der Waals surface area contributed by atoms with Crippen molar-refractivity contribution in [3.63, 3.8) is 0 Å². The lowest BCUT2D eigenvalue weighted by Gasteiger charge is -2.07. The smallest absolute Gasteiger partial charge is 0.0299 e. The van der Waals surface area contributed by atoms with Gasteiger partial charge in [0.1, 0.15) is 0 Å². The van der Waals surface area contributed by atoms with Gasteiger partial charge in [-0.3, -0.25) is 0 Å². The number of thiophene rings is 1. The normalized spacial score (nSPS) is 11.2. The van der Waals surface area contributed by atoms with Crippen molar-refractivity contribution in [3.8, 4) is 0 Å². The number of nitrogens with one attached hydrogen (secondary N) is 2. The van der Waals surface area contributed by atoms with E-state index in [4.69, 9.17) is 0 Å². The molecule has 0 atom stereocenters. The monoisotopic (exact) mass is 240 g/mol. The van der Waals surface area contributed by atoms with Crippen LogP contribution in [0.4, 0.5) is 0 Å². The van der Waals surface area contributed by atoms with Crippen molar-refractivity contribution in [2.24, 2.45) is 0 Å². The molecule has 0 amide bonds. The van der Waals surface area contributed by atoms with E-state index in [-0.39, 0.29) is 0 Å². The second-order valence-electron chi connectivity index (χ2n) is 4.36. The summed E-state index contributed by atoms with van der Waals surface area (Å²) in [4.78, 5) is 2.94. The van der Waals surface area contributed by atoms with Crippen molar-refractivity contribution in [2.45, 2.75) is 46.2 Å². The van der Waals surface area contributed by atoms with E-state index in [0.29, 0.717) is 6.04 Å². The number of hydrogen-bond donors (Lipinski definition) is 2. The summed E-state index contributed by atoms with van der Waals surface area (Å²) in [5.74, 6) is 0. The quantitative estimate of drug-likeness (QED) is 0.683. The van der Waals surface area contributed by atoms with Gasteiger partial charge in [0.2, 0.25) is 0 Å². The molecular formula is C13H24N2S. The van der Waals surface area contributed by atoms with Gasteiger partial charge < -0.3 is 10.6 Å². The SMILES string of the molecule is CCc1ccc(CNCCCNC(C)C)s1. The van der Waals surface area contributed by atoms with Crippen LogP contribution in [-0.2, 0) is 13.0 Å². The van der Waals surface area contributed by atoms with E-state index in [1.54, 1.807) is 0 Å². The predicted molar refractivity (Wildman–Crippen MR) is 73.2 cm³/mol. The molecule has 0 unspecified atom stereocenters. The highest BCUT2D eigenvalue weighted by Gasteiger charge is 1.97. The molecule has 1 heterocycles. The topological polar surface area (TPSA) is 24.1 Å². The molecule has 2 nitrogen and oxygen atoms in total. The van der Waals surface area contributed by atoms with Gasteiger partial charge in [-0.05, 0) is 38.1 Å². The summed E-state index contributed by atoms with van der Waals surface area (Å²) >= 11 is 1.92. The lowest BCUT2D eigenvalue weighted by molar-refractivity contribution is 0.548. The first-order valence-corrected chi connectivity index (χ1v) is 7.05. The molecule has 1 aromatic rings. The predicted octanol–water partition coefficient (Wildman–Crippen LogP) is 2.79. The maximum absolute atomic E-state index is 3.48. The van der Waals surface area contributed by atoms with Crippen LogP contribution in [0.25, 0.3) is 0 Å². The molecular weight excluding hydrogens is 216 g/mol. The first-order valence-electron chi connectivity index (χ1n) is 6.24. The lowest BCUT2D eigenvalue weighted by atomic mass is 10.3. The Morgan fingerprint density at radius 2 is 1.94 bits per heavy atom. The second-order valence-corrected chi connectivity index (χ2v) is 5.61. The van der Waals surface area contributed by atoms with Crippen molar-refractivity contribution in [1.29, 1.82) is 0 Å². The van der Waals surface area contributed by atoms with Gasteiger partial charge in [-0.15, -0.1) is 11.3 Å². The Morgan fingerprint density at radius 3 is 2.56 bits per heavy atom. The fourth-order valence-corrected chi connectivity index (χ4v) is 2.45. The van der Waals surface area contributed by atoms with Crippen LogP contribution in [-0.4, -0.2) is 19.1 Å². The van der Waals surface area contributed by atoms with Crippen molar-refractivity contribution in [3.05, 3.63) is 21.9 Å². The highest BCUT2D eigenvalue weighted by molar-refractivity contribution is 7.11. The average Bonchev–Trinajstić information content (AvgIpc) is 2.70. The van der Waals surface area contributed by atoms with Crippen molar-refractivity contribution in [1.82, 2.24) is 10.6 Å². The molecule has 1 rings (SSSR count). The standard InChI is InChI=1S/C13H24N2S/c1-4-12-6-7-13(16-12)10-14-8-5-9-15-11(2)3/h6-7,11,14-15H,4-5,8-10H2,1-3H3. The summed E-state index contributed by atoms with van der Waals surface area (Å²) < 4.78 is 0. The molecule has 0 fully saturated rings. The molecule has 0 radical (unpaired) electrons. The summed E-state index contributed by atoms with van der Waals surface area (Å²) in [6.45, 7) is 9.80. The van der Waals surface area contributed by atoms with E-state index in [0.717, 1.165) is 26.1 Å². The average molecular weight is 240 g/mol. The fraction of sp³-hybridized carbons (Fsp3) is 0.692. The van der Waals surface area contributed by atoms with Crippen molar-refractivity contribution < 1.29 is 0 Å². The van der Waals surface area contributed by atoms with Gasteiger partial charge in [-0.2, -0.15) is 0 Å². The highest BCUT2D eigenvalue weighted by Crippen LogP contribution is 2.16. The molecule has 0 bridgehead atoms. The van der Waals surface area contributed by atoms with Gasteiger partial charge in [0.25, 0.3) is 0 Å². The summed E-state index contributed by atoms with van der Waals surface area (Å²) in [6.07, 6.45) is 2.35. The second kappa shape index (κ2) is 7.82. The summed E-state index contributed by atoms with van der Waals surface area (Å²) in [5.41, 5.74) is 0. The maximum Gasteiger partial charge on any atom is 0.0299 e. The minimum absolute atomic E-state index is 0.601. The minimum atomic E-state index is 0.601. The molecule has 0 aliphatic rings. The highest BCUT2D eigenvalue weighted by atomic mass is 32.1. The zero-order valence-electron chi connectivity index (χ0n) is 10.7. The van der Waals surface area contributed by atoms with E-state index >= 15 is 0 Å². The first kappa shape index (κ1) is 13.7. The Balaban J connectivity index is 2.02. The maximum atomic E-state index is 3.48. The lowest BCUT2D eigenvalue weighted by Crippen LogP contribution is -2.26. The van der Waals surface area contributed by atoms with E-state index in [9.17, 15) is 0 Å². The fourth-order valence-electron chi connectivity index (χ4n) is 1.52. The zero-order chi connectivity index (χ0) is 11.8. The molecule has 0 aromatic carbocycles. The van der Waals surface area contributed by atoms with Crippen LogP contribution >= 0.6 is 11.3 Å². The largest absolute Gasteiger partial charge is 0.314 e. The third kappa shape index (κ3) is 5.64. The molecule has 0 saturated carbocycles. The molecule has 2 N–H and O–H groups in total. The Morgan fingerprint density at radius 1 is 1.19 bits per heavy atom. The van der Waals surface area contributed by atoms with Crippen molar-refractivity contribution in [2.75, 3.05) is 13.1 Å². The van der Waals surface area contributed by atoms with Gasteiger partial charge in [-0.1, -0.05) is 20.8 Å². The van der Waals surface area contributed by atoms with Crippen LogP contribution in [0.1, 0.15) is 36.9 Å². The molecule has 3 heteroatoms. The first-order chi connectivity index (χ1) is 7.72. The minimum Gasteiger partial charge on any atom is -0.314 e.